The molecule has 0 saturated heterocycles. The number of pyridine rings is 1. The highest BCUT2D eigenvalue weighted by Crippen LogP contribution is 2.11. The second kappa shape index (κ2) is 4.54. The van der Waals surface area contributed by atoms with Gasteiger partial charge in [-0.2, -0.15) is 0 Å². The molecule has 0 aliphatic carbocycles. The third-order valence-electron chi connectivity index (χ3n) is 1.97. The van der Waals surface area contributed by atoms with Gasteiger partial charge in [-0.15, -0.1) is 6.42 Å². The summed E-state index contributed by atoms with van der Waals surface area (Å²) in [4.78, 5) is 15.8. The Labute approximate surface area is 100 Å². The van der Waals surface area contributed by atoms with Crippen molar-refractivity contribution in [3.8, 4) is 12.3 Å². The van der Waals surface area contributed by atoms with E-state index in [1.807, 2.05) is 0 Å². The van der Waals surface area contributed by atoms with Crippen LogP contribution in [0.3, 0.4) is 0 Å². The highest BCUT2D eigenvalue weighted by atomic mass is 35.5. The maximum Gasteiger partial charge on any atom is 0.252 e. The molecule has 84 valence electrons. The van der Waals surface area contributed by atoms with Gasteiger partial charge in [0.05, 0.1) is 5.54 Å². The van der Waals surface area contributed by atoms with Crippen molar-refractivity contribution in [2.45, 2.75) is 26.3 Å². The first kappa shape index (κ1) is 12.5. The van der Waals surface area contributed by atoms with E-state index in [1.165, 1.54) is 6.07 Å². The lowest BCUT2D eigenvalue weighted by Gasteiger charge is -2.19. The number of hydrogen-bond donors (Lipinski definition) is 1. The topological polar surface area (TPSA) is 42.0 Å². The van der Waals surface area contributed by atoms with Gasteiger partial charge < -0.3 is 5.32 Å². The average molecular weight is 237 g/mol. The van der Waals surface area contributed by atoms with Gasteiger partial charge in [0.1, 0.15) is 5.15 Å². The molecule has 0 atom stereocenters. The van der Waals surface area contributed by atoms with Gasteiger partial charge in [-0.1, -0.05) is 17.5 Å². The van der Waals surface area contributed by atoms with Crippen molar-refractivity contribution in [1.82, 2.24) is 10.3 Å². The Hall–Kier alpha value is -1.53. The summed E-state index contributed by atoms with van der Waals surface area (Å²) < 4.78 is 0. The van der Waals surface area contributed by atoms with E-state index in [9.17, 15) is 4.79 Å². The lowest BCUT2D eigenvalue weighted by atomic mass is 10.1. The highest BCUT2D eigenvalue weighted by molar-refractivity contribution is 6.29. The summed E-state index contributed by atoms with van der Waals surface area (Å²) in [6, 6.07) is 3.17. The Morgan fingerprint density at radius 1 is 1.56 bits per heavy atom. The second-order valence-corrected chi connectivity index (χ2v) is 4.43. The van der Waals surface area contributed by atoms with Gasteiger partial charge in [0.2, 0.25) is 0 Å². The number of rotatable bonds is 2. The van der Waals surface area contributed by atoms with Crippen LogP contribution in [0, 0.1) is 19.3 Å². The van der Waals surface area contributed by atoms with Gasteiger partial charge >= 0.3 is 0 Å². The van der Waals surface area contributed by atoms with Crippen molar-refractivity contribution >= 4 is 17.5 Å². The summed E-state index contributed by atoms with van der Waals surface area (Å²) >= 11 is 5.77. The number of halogens is 1. The largest absolute Gasteiger partial charge is 0.336 e. The lowest BCUT2D eigenvalue weighted by Crippen LogP contribution is -2.42. The van der Waals surface area contributed by atoms with Crippen LogP contribution in [-0.4, -0.2) is 16.4 Å². The lowest BCUT2D eigenvalue weighted by molar-refractivity contribution is 0.0929. The quantitative estimate of drug-likeness (QED) is 0.632. The minimum Gasteiger partial charge on any atom is -0.336 e. The minimum atomic E-state index is -0.680. The number of hydrogen-bond acceptors (Lipinski definition) is 2. The third-order valence-corrected chi connectivity index (χ3v) is 2.16. The van der Waals surface area contributed by atoms with Crippen LogP contribution in [0.5, 0.6) is 0 Å². The Bertz CT molecular complexity index is 440. The number of carbonyl (C=O) groups is 1. The molecule has 0 aromatic carbocycles. The van der Waals surface area contributed by atoms with Crippen LogP contribution in [-0.2, 0) is 0 Å². The van der Waals surface area contributed by atoms with Gasteiger partial charge in [-0.3, -0.25) is 4.79 Å². The Morgan fingerprint density at radius 3 is 2.69 bits per heavy atom. The van der Waals surface area contributed by atoms with Gasteiger partial charge in [-0.05, 0) is 32.9 Å². The molecule has 16 heavy (non-hydrogen) atoms. The molecule has 0 radical (unpaired) electrons. The number of nitrogens with one attached hydrogen (secondary N) is 1. The molecule has 1 N–H and O–H groups in total. The first-order valence-corrected chi connectivity index (χ1v) is 5.16. The second-order valence-electron chi connectivity index (χ2n) is 4.04. The van der Waals surface area contributed by atoms with Crippen LogP contribution < -0.4 is 5.32 Å². The minimum absolute atomic E-state index is 0.254. The SMILES string of the molecule is C#CC(C)(C)NC(=O)c1cc(C)nc(Cl)c1. The molecule has 0 aliphatic rings. The van der Waals surface area contributed by atoms with Crippen molar-refractivity contribution in [1.29, 1.82) is 0 Å². The maximum absolute atomic E-state index is 11.8. The Morgan fingerprint density at radius 2 is 2.19 bits per heavy atom. The Kier molecular flexibility index (Phi) is 3.56. The number of amides is 1. The van der Waals surface area contributed by atoms with E-state index >= 15 is 0 Å². The Balaban J connectivity index is 2.94. The average Bonchev–Trinajstić information content (AvgIpc) is 2.15. The summed E-state index contributed by atoms with van der Waals surface area (Å²) in [6.07, 6.45) is 5.29. The number of aryl methyl sites for hydroxylation is 1. The van der Waals surface area contributed by atoms with Crippen LogP contribution in [0.1, 0.15) is 29.9 Å². The van der Waals surface area contributed by atoms with Crippen molar-refractivity contribution in [3.05, 3.63) is 28.5 Å². The van der Waals surface area contributed by atoms with Crippen molar-refractivity contribution < 1.29 is 4.79 Å². The fourth-order valence-electron chi connectivity index (χ4n) is 1.15. The molecule has 0 unspecified atom stereocenters. The number of nitrogens with zero attached hydrogens (tertiary/aromatic N) is 1. The third kappa shape index (κ3) is 3.25. The summed E-state index contributed by atoms with van der Waals surface area (Å²) in [7, 11) is 0. The highest BCUT2D eigenvalue weighted by Gasteiger charge is 2.18. The zero-order valence-corrected chi connectivity index (χ0v) is 10.2. The van der Waals surface area contributed by atoms with Crippen LogP contribution in [0.4, 0.5) is 0 Å². The molecule has 1 aromatic rings. The van der Waals surface area contributed by atoms with Gasteiger partial charge in [0.15, 0.2) is 0 Å². The molecular formula is C12H13ClN2O. The molecule has 1 amide bonds. The summed E-state index contributed by atoms with van der Waals surface area (Å²) in [6.45, 7) is 5.27. The van der Waals surface area contributed by atoms with Crippen LogP contribution in [0.2, 0.25) is 5.15 Å². The zero-order valence-electron chi connectivity index (χ0n) is 9.47. The zero-order chi connectivity index (χ0) is 12.3. The molecule has 3 nitrogen and oxygen atoms in total. The van der Waals surface area contributed by atoms with E-state index in [1.54, 1.807) is 26.8 Å². The maximum atomic E-state index is 11.8. The number of carbonyl (C=O) groups excluding carboxylic acids is 1. The van der Waals surface area contributed by atoms with Crippen LogP contribution in [0.15, 0.2) is 12.1 Å². The number of terminal acetylenes is 1. The standard InChI is InChI=1S/C12H13ClN2O/c1-5-12(3,4)15-11(16)9-6-8(2)14-10(13)7-9/h1,6-7H,2-4H3,(H,15,16). The first-order chi connectivity index (χ1) is 7.34. The fraction of sp³-hybridized carbons (Fsp3) is 0.333. The van der Waals surface area contributed by atoms with E-state index in [4.69, 9.17) is 18.0 Å². The predicted molar refractivity (Wildman–Crippen MR) is 64.4 cm³/mol. The molecule has 0 aliphatic heterocycles. The molecule has 0 saturated carbocycles. The van der Waals surface area contributed by atoms with Crippen LogP contribution in [0.25, 0.3) is 0 Å². The van der Waals surface area contributed by atoms with Crippen molar-refractivity contribution in [2.24, 2.45) is 0 Å². The molecule has 0 fully saturated rings. The summed E-state index contributed by atoms with van der Waals surface area (Å²) in [5, 5.41) is 3.01. The molecule has 0 spiro atoms. The van der Waals surface area contributed by atoms with E-state index < -0.39 is 5.54 Å². The van der Waals surface area contributed by atoms with Gasteiger partial charge in [-0.25, -0.2) is 4.98 Å². The van der Waals surface area contributed by atoms with Gasteiger partial charge in [0, 0.05) is 11.3 Å². The molecule has 1 rings (SSSR count). The smallest absolute Gasteiger partial charge is 0.252 e. The summed E-state index contributed by atoms with van der Waals surface area (Å²) in [5.41, 5.74) is 0.470. The molecular weight excluding hydrogens is 224 g/mol. The molecule has 0 bridgehead atoms. The van der Waals surface area contributed by atoms with E-state index in [0.29, 0.717) is 16.4 Å². The van der Waals surface area contributed by atoms with Crippen molar-refractivity contribution in [2.75, 3.05) is 0 Å². The van der Waals surface area contributed by atoms with E-state index in [2.05, 4.69) is 16.2 Å². The fourth-order valence-corrected chi connectivity index (χ4v) is 1.40. The molecule has 1 aromatic heterocycles. The predicted octanol–water partition coefficient (Wildman–Crippen LogP) is 2.19. The molecule has 4 heteroatoms. The first-order valence-electron chi connectivity index (χ1n) is 4.78. The van der Waals surface area contributed by atoms with Crippen LogP contribution >= 0.6 is 11.6 Å². The molecule has 1 heterocycles. The monoisotopic (exact) mass is 236 g/mol. The normalized spacial score (nSPS) is 10.7. The van der Waals surface area contributed by atoms with Crippen molar-refractivity contribution in [3.63, 3.8) is 0 Å². The van der Waals surface area contributed by atoms with E-state index in [-0.39, 0.29) is 5.91 Å². The van der Waals surface area contributed by atoms with Gasteiger partial charge in [0.25, 0.3) is 5.91 Å². The summed E-state index contributed by atoms with van der Waals surface area (Å²) in [5.74, 6) is 2.24. The number of aromatic nitrogens is 1. The van der Waals surface area contributed by atoms with E-state index in [0.717, 1.165) is 0 Å².